The zero-order valence-corrected chi connectivity index (χ0v) is 21.5. The highest BCUT2D eigenvalue weighted by Crippen LogP contribution is 2.21. The molecule has 8 heteroatoms. The summed E-state index contributed by atoms with van der Waals surface area (Å²) in [5.41, 5.74) is 2.93. The lowest BCUT2D eigenvalue weighted by atomic mass is 10.2. The van der Waals surface area contributed by atoms with Gasteiger partial charge in [-0.3, -0.25) is 4.79 Å². The number of para-hydroxylation sites is 1. The third-order valence-electron chi connectivity index (χ3n) is 6.00. The molecule has 1 aliphatic heterocycles. The van der Waals surface area contributed by atoms with Crippen LogP contribution in [0.25, 0.3) is 0 Å². The Kier molecular flexibility index (Phi) is 7.70. The monoisotopic (exact) mass is 541 g/mol. The smallest absolute Gasteiger partial charge is 0.243 e. The Morgan fingerprint density at radius 3 is 2.12 bits per heavy atom. The maximum absolute atomic E-state index is 13.5. The van der Waals surface area contributed by atoms with E-state index >= 15 is 0 Å². The van der Waals surface area contributed by atoms with Gasteiger partial charge in [0.15, 0.2) is 0 Å². The van der Waals surface area contributed by atoms with Gasteiger partial charge in [-0.05, 0) is 48.9 Å². The first-order valence-electron chi connectivity index (χ1n) is 11.2. The van der Waals surface area contributed by atoms with E-state index in [1.54, 1.807) is 29.2 Å². The lowest BCUT2D eigenvalue weighted by molar-refractivity contribution is -0.131. The molecular formula is C26H28BrN3O3S. The van der Waals surface area contributed by atoms with Crippen LogP contribution in [0.2, 0.25) is 0 Å². The quantitative estimate of drug-likeness (QED) is 0.447. The summed E-state index contributed by atoms with van der Waals surface area (Å²) in [6.07, 6.45) is 0. The molecule has 1 saturated heterocycles. The molecular weight excluding hydrogens is 514 g/mol. The van der Waals surface area contributed by atoms with Gasteiger partial charge >= 0.3 is 0 Å². The van der Waals surface area contributed by atoms with Gasteiger partial charge in [0.25, 0.3) is 0 Å². The molecule has 4 rings (SSSR count). The van der Waals surface area contributed by atoms with Crippen LogP contribution in [0.4, 0.5) is 5.69 Å². The van der Waals surface area contributed by atoms with Crippen LogP contribution in [0.5, 0.6) is 0 Å². The van der Waals surface area contributed by atoms with E-state index in [4.69, 9.17) is 0 Å². The molecule has 6 nitrogen and oxygen atoms in total. The molecule has 3 aromatic rings. The number of carbonyl (C=O) groups excluding carboxylic acids is 1. The predicted octanol–water partition coefficient (Wildman–Crippen LogP) is 4.30. The van der Waals surface area contributed by atoms with Gasteiger partial charge < -0.3 is 9.80 Å². The number of hydrogen-bond donors (Lipinski definition) is 0. The van der Waals surface area contributed by atoms with E-state index in [9.17, 15) is 13.2 Å². The number of rotatable bonds is 7. The number of amides is 1. The van der Waals surface area contributed by atoms with Crippen molar-refractivity contribution in [3.63, 3.8) is 0 Å². The molecule has 0 atom stereocenters. The van der Waals surface area contributed by atoms with Crippen LogP contribution < -0.4 is 4.90 Å². The molecule has 0 aromatic heterocycles. The Balaban J connectivity index is 1.50. The van der Waals surface area contributed by atoms with Crippen molar-refractivity contribution in [1.82, 2.24) is 9.21 Å². The van der Waals surface area contributed by atoms with E-state index in [0.29, 0.717) is 26.2 Å². The highest BCUT2D eigenvalue weighted by Gasteiger charge is 2.30. The van der Waals surface area contributed by atoms with Crippen molar-refractivity contribution in [3.05, 3.63) is 94.5 Å². The van der Waals surface area contributed by atoms with Crippen molar-refractivity contribution < 1.29 is 13.2 Å². The number of nitrogens with zero attached hydrogens (tertiary/aromatic N) is 3. The lowest BCUT2D eigenvalue weighted by Gasteiger charge is -2.37. The minimum absolute atomic E-state index is 0.124. The number of aryl methyl sites for hydroxylation is 1. The second-order valence-electron chi connectivity index (χ2n) is 8.42. The van der Waals surface area contributed by atoms with Crippen molar-refractivity contribution in [2.75, 3.05) is 37.6 Å². The van der Waals surface area contributed by atoms with Crippen molar-refractivity contribution in [2.24, 2.45) is 0 Å². The normalized spacial score (nSPS) is 14.4. The summed E-state index contributed by atoms with van der Waals surface area (Å²) in [7, 11) is -3.85. The largest absolute Gasteiger partial charge is 0.368 e. The zero-order valence-electron chi connectivity index (χ0n) is 19.1. The Morgan fingerprint density at radius 2 is 1.50 bits per heavy atom. The molecule has 0 spiro atoms. The number of sulfonamides is 1. The van der Waals surface area contributed by atoms with Crippen LogP contribution in [-0.2, 0) is 21.4 Å². The summed E-state index contributed by atoms with van der Waals surface area (Å²) in [5, 5.41) is 0. The first-order chi connectivity index (χ1) is 16.3. The number of hydrogen-bond acceptors (Lipinski definition) is 4. The van der Waals surface area contributed by atoms with Crippen molar-refractivity contribution >= 4 is 37.5 Å². The van der Waals surface area contributed by atoms with Crippen LogP contribution in [0, 0.1) is 6.92 Å². The summed E-state index contributed by atoms with van der Waals surface area (Å²) in [5.74, 6) is -0.180. The Bertz CT molecular complexity index is 1210. The van der Waals surface area contributed by atoms with Gasteiger partial charge in [-0.15, -0.1) is 0 Å². The van der Waals surface area contributed by atoms with E-state index in [2.05, 4.69) is 33.0 Å². The minimum Gasteiger partial charge on any atom is -0.368 e. The molecule has 1 amide bonds. The molecule has 0 bridgehead atoms. The van der Waals surface area contributed by atoms with Gasteiger partial charge in [0.05, 0.1) is 11.4 Å². The SMILES string of the molecule is Cc1ccc(S(=O)(=O)N(CC(=O)N2CCN(c3ccccc3)CC2)Cc2ccc(Br)cc2)cc1. The molecule has 1 heterocycles. The molecule has 0 saturated carbocycles. The average molecular weight is 542 g/mol. The Morgan fingerprint density at radius 1 is 0.882 bits per heavy atom. The van der Waals surface area contributed by atoms with Crippen LogP contribution in [0.3, 0.4) is 0 Å². The van der Waals surface area contributed by atoms with E-state index in [-0.39, 0.29) is 23.9 Å². The molecule has 34 heavy (non-hydrogen) atoms. The third kappa shape index (κ3) is 5.87. The number of halogens is 1. The van der Waals surface area contributed by atoms with Crippen molar-refractivity contribution in [1.29, 1.82) is 0 Å². The van der Waals surface area contributed by atoms with E-state index < -0.39 is 10.0 Å². The maximum atomic E-state index is 13.5. The number of benzene rings is 3. The Hall–Kier alpha value is -2.68. The lowest BCUT2D eigenvalue weighted by Crippen LogP contribution is -2.51. The number of piperazine rings is 1. The highest BCUT2D eigenvalue weighted by molar-refractivity contribution is 9.10. The molecule has 0 aliphatic carbocycles. The first-order valence-corrected chi connectivity index (χ1v) is 13.5. The fourth-order valence-electron chi connectivity index (χ4n) is 3.98. The minimum atomic E-state index is -3.85. The number of anilines is 1. The summed E-state index contributed by atoms with van der Waals surface area (Å²) >= 11 is 3.41. The summed E-state index contributed by atoms with van der Waals surface area (Å²) in [6, 6.07) is 24.3. The van der Waals surface area contributed by atoms with Gasteiger partial charge in [0.1, 0.15) is 0 Å². The highest BCUT2D eigenvalue weighted by atomic mass is 79.9. The standard InChI is InChI=1S/C26H28BrN3O3S/c1-21-7-13-25(14-8-21)34(32,33)30(19-22-9-11-23(27)12-10-22)20-26(31)29-17-15-28(16-18-29)24-5-3-2-4-6-24/h2-14H,15-20H2,1H3. The van der Waals surface area contributed by atoms with Gasteiger partial charge in [-0.2, -0.15) is 4.31 Å². The number of carbonyl (C=O) groups is 1. The fraction of sp³-hybridized carbons (Fsp3) is 0.269. The average Bonchev–Trinajstić information content (AvgIpc) is 2.86. The van der Waals surface area contributed by atoms with Gasteiger partial charge in [0.2, 0.25) is 15.9 Å². The molecule has 0 N–H and O–H groups in total. The molecule has 3 aromatic carbocycles. The van der Waals surface area contributed by atoms with Crippen LogP contribution in [-0.4, -0.2) is 56.3 Å². The molecule has 0 radical (unpaired) electrons. The van der Waals surface area contributed by atoms with Gasteiger partial charge in [-0.1, -0.05) is 64.0 Å². The van der Waals surface area contributed by atoms with Crippen LogP contribution in [0.1, 0.15) is 11.1 Å². The van der Waals surface area contributed by atoms with E-state index in [1.807, 2.05) is 49.4 Å². The molecule has 0 unspecified atom stereocenters. The topological polar surface area (TPSA) is 60.9 Å². The van der Waals surface area contributed by atoms with Crippen molar-refractivity contribution in [2.45, 2.75) is 18.4 Å². The second kappa shape index (κ2) is 10.7. The zero-order chi connectivity index (χ0) is 24.1. The van der Waals surface area contributed by atoms with Crippen LogP contribution in [0.15, 0.2) is 88.2 Å². The molecule has 178 valence electrons. The first kappa shape index (κ1) is 24.4. The van der Waals surface area contributed by atoms with Crippen molar-refractivity contribution in [3.8, 4) is 0 Å². The summed E-state index contributed by atoms with van der Waals surface area (Å²) in [6.45, 7) is 4.39. The fourth-order valence-corrected chi connectivity index (χ4v) is 5.62. The molecule has 1 aliphatic rings. The second-order valence-corrected chi connectivity index (χ2v) is 11.3. The third-order valence-corrected chi connectivity index (χ3v) is 8.33. The molecule has 1 fully saturated rings. The van der Waals surface area contributed by atoms with E-state index in [1.165, 1.54) is 4.31 Å². The van der Waals surface area contributed by atoms with Gasteiger partial charge in [-0.25, -0.2) is 8.42 Å². The summed E-state index contributed by atoms with van der Waals surface area (Å²) < 4.78 is 29.2. The maximum Gasteiger partial charge on any atom is 0.243 e. The van der Waals surface area contributed by atoms with E-state index in [0.717, 1.165) is 21.3 Å². The van der Waals surface area contributed by atoms with Gasteiger partial charge in [0, 0.05) is 42.9 Å². The Labute approximate surface area is 210 Å². The van der Waals surface area contributed by atoms with Crippen LogP contribution >= 0.6 is 15.9 Å². The summed E-state index contributed by atoms with van der Waals surface area (Å²) in [4.78, 5) is 17.4. The predicted molar refractivity (Wildman–Crippen MR) is 138 cm³/mol.